The van der Waals surface area contributed by atoms with E-state index < -0.39 is 0 Å². The smallest absolute Gasteiger partial charge is 0.0667 e. The van der Waals surface area contributed by atoms with Gasteiger partial charge in [-0.3, -0.25) is 4.98 Å². The van der Waals surface area contributed by atoms with Crippen molar-refractivity contribution in [3.05, 3.63) is 30.7 Å². The number of rotatable bonds is 2. The van der Waals surface area contributed by atoms with E-state index in [-0.39, 0.29) is 0 Å². The lowest BCUT2D eigenvalue weighted by Gasteiger charge is -1.99. The van der Waals surface area contributed by atoms with Crippen molar-refractivity contribution in [2.75, 3.05) is 5.88 Å². The molecule has 0 spiro atoms. The predicted octanol–water partition coefficient (Wildman–Crippen LogP) is 2.28. The fourth-order valence-corrected chi connectivity index (χ4v) is 1.50. The third-order valence-electron chi connectivity index (χ3n) is 1.90. The molecule has 0 fully saturated rings. The van der Waals surface area contributed by atoms with Crippen molar-refractivity contribution >= 4 is 22.5 Å². The monoisotopic (exact) mass is 180 g/mol. The Morgan fingerprint density at radius 1 is 1.42 bits per heavy atom. The summed E-state index contributed by atoms with van der Waals surface area (Å²) in [6, 6.07) is 4.07. The average Bonchev–Trinajstić information content (AvgIpc) is 2.50. The van der Waals surface area contributed by atoms with Gasteiger partial charge in [0.1, 0.15) is 0 Å². The van der Waals surface area contributed by atoms with Gasteiger partial charge in [-0.05, 0) is 12.1 Å². The minimum absolute atomic E-state index is 0.638. The number of pyridine rings is 1. The van der Waals surface area contributed by atoms with Crippen LogP contribution in [0.2, 0.25) is 0 Å². The normalized spacial score (nSPS) is 10.8. The first-order valence-corrected chi connectivity index (χ1v) is 4.40. The lowest BCUT2D eigenvalue weighted by Crippen LogP contribution is -1.96. The lowest BCUT2D eigenvalue weighted by atomic mass is 10.3. The summed E-state index contributed by atoms with van der Waals surface area (Å²) >= 11 is 5.65. The van der Waals surface area contributed by atoms with Crippen LogP contribution in [-0.4, -0.2) is 15.4 Å². The van der Waals surface area contributed by atoms with Crippen molar-refractivity contribution in [3.63, 3.8) is 0 Å². The zero-order valence-electron chi connectivity index (χ0n) is 6.57. The molecule has 12 heavy (non-hydrogen) atoms. The van der Waals surface area contributed by atoms with Crippen molar-refractivity contribution in [3.8, 4) is 0 Å². The third kappa shape index (κ3) is 1.18. The summed E-state index contributed by atoms with van der Waals surface area (Å²) in [5.74, 6) is 0.638. The Morgan fingerprint density at radius 3 is 3.17 bits per heavy atom. The van der Waals surface area contributed by atoms with Gasteiger partial charge in [-0.15, -0.1) is 11.6 Å². The molecule has 2 heterocycles. The number of hydrogen-bond acceptors (Lipinski definition) is 1. The number of aryl methyl sites for hydroxylation is 1. The second-order valence-corrected chi connectivity index (χ2v) is 3.01. The fourth-order valence-electron chi connectivity index (χ4n) is 1.31. The van der Waals surface area contributed by atoms with Crippen LogP contribution in [0.4, 0.5) is 0 Å². The number of hydrogen-bond donors (Lipinski definition) is 0. The molecule has 0 aromatic carbocycles. The van der Waals surface area contributed by atoms with Gasteiger partial charge in [0.15, 0.2) is 0 Å². The molecule has 2 rings (SSSR count). The molecular formula is C9H9ClN2. The molecule has 2 aromatic rings. The molecule has 0 N–H and O–H groups in total. The molecule has 0 saturated heterocycles. The first-order chi connectivity index (χ1) is 5.92. The van der Waals surface area contributed by atoms with Crippen LogP contribution in [0.5, 0.6) is 0 Å². The van der Waals surface area contributed by atoms with E-state index in [1.807, 2.05) is 18.5 Å². The van der Waals surface area contributed by atoms with Gasteiger partial charge < -0.3 is 4.57 Å². The molecule has 0 unspecified atom stereocenters. The summed E-state index contributed by atoms with van der Waals surface area (Å²) in [4.78, 5) is 4.06. The molecule has 0 atom stereocenters. The molecule has 0 amide bonds. The van der Waals surface area contributed by atoms with Crippen molar-refractivity contribution in [1.82, 2.24) is 9.55 Å². The van der Waals surface area contributed by atoms with Crippen LogP contribution in [0.15, 0.2) is 30.7 Å². The van der Waals surface area contributed by atoms with Crippen LogP contribution < -0.4 is 0 Å². The Bertz CT molecular complexity index is 381. The summed E-state index contributed by atoms with van der Waals surface area (Å²) in [5.41, 5.74) is 1.15. The van der Waals surface area contributed by atoms with E-state index in [9.17, 15) is 0 Å². The van der Waals surface area contributed by atoms with E-state index in [1.54, 1.807) is 6.20 Å². The number of nitrogens with zero attached hydrogens (tertiary/aromatic N) is 2. The van der Waals surface area contributed by atoms with Crippen molar-refractivity contribution in [1.29, 1.82) is 0 Å². The Hall–Kier alpha value is -1.02. The zero-order chi connectivity index (χ0) is 8.39. The molecule has 2 aromatic heterocycles. The molecule has 2 nitrogen and oxygen atoms in total. The number of halogens is 1. The maximum Gasteiger partial charge on any atom is 0.0667 e. The Morgan fingerprint density at radius 2 is 2.33 bits per heavy atom. The highest BCUT2D eigenvalue weighted by Gasteiger charge is 1.97. The van der Waals surface area contributed by atoms with E-state index in [0.717, 1.165) is 12.1 Å². The van der Waals surface area contributed by atoms with Gasteiger partial charge >= 0.3 is 0 Å². The molecule has 0 saturated carbocycles. The molecule has 0 aliphatic carbocycles. The SMILES string of the molecule is ClCCn1ccc2ccncc21. The van der Waals surface area contributed by atoms with Gasteiger partial charge in [-0.1, -0.05) is 0 Å². The number of alkyl halides is 1. The van der Waals surface area contributed by atoms with Gasteiger partial charge in [0.25, 0.3) is 0 Å². The summed E-state index contributed by atoms with van der Waals surface area (Å²) in [7, 11) is 0. The van der Waals surface area contributed by atoms with Crippen molar-refractivity contribution < 1.29 is 0 Å². The summed E-state index contributed by atoms with van der Waals surface area (Å²) < 4.78 is 2.11. The largest absolute Gasteiger partial charge is 0.345 e. The van der Waals surface area contributed by atoms with E-state index in [4.69, 9.17) is 11.6 Å². The molecule has 62 valence electrons. The first-order valence-electron chi connectivity index (χ1n) is 3.86. The highest BCUT2D eigenvalue weighted by atomic mass is 35.5. The lowest BCUT2D eigenvalue weighted by molar-refractivity contribution is 0.802. The first kappa shape index (κ1) is 7.62. The molecular weight excluding hydrogens is 172 g/mol. The van der Waals surface area contributed by atoms with Crippen molar-refractivity contribution in [2.24, 2.45) is 0 Å². The van der Waals surface area contributed by atoms with Gasteiger partial charge in [0, 0.05) is 30.2 Å². The van der Waals surface area contributed by atoms with E-state index >= 15 is 0 Å². The second kappa shape index (κ2) is 3.15. The topological polar surface area (TPSA) is 17.8 Å². The van der Waals surface area contributed by atoms with E-state index in [0.29, 0.717) is 5.88 Å². The average molecular weight is 181 g/mol. The Balaban J connectivity index is 2.55. The van der Waals surface area contributed by atoms with Crippen LogP contribution in [0, 0.1) is 0 Å². The predicted molar refractivity (Wildman–Crippen MR) is 50.5 cm³/mol. The van der Waals surface area contributed by atoms with Gasteiger partial charge in [-0.25, -0.2) is 0 Å². The van der Waals surface area contributed by atoms with Crippen LogP contribution >= 0.6 is 11.6 Å². The van der Waals surface area contributed by atoms with Gasteiger partial charge in [-0.2, -0.15) is 0 Å². The highest BCUT2D eigenvalue weighted by molar-refractivity contribution is 6.17. The quantitative estimate of drug-likeness (QED) is 0.649. The van der Waals surface area contributed by atoms with Gasteiger partial charge in [0.05, 0.1) is 11.7 Å². The van der Waals surface area contributed by atoms with E-state index in [1.165, 1.54) is 5.39 Å². The number of aromatic nitrogens is 2. The second-order valence-electron chi connectivity index (χ2n) is 2.63. The maximum absolute atomic E-state index is 5.65. The van der Waals surface area contributed by atoms with Crippen LogP contribution in [-0.2, 0) is 6.54 Å². The van der Waals surface area contributed by atoms with Gasteiger partial charge in [0.2, 0.25) is 0 Å². The van der Waals surface area contributed by atoms with Crippen LogP contribution in [0.25, 0.3) is 10.9 Å². The van der Waals surface area contributed by atoms with Crippen LogP contribution in [0.3, 0.4) is 0 Å². The minimum Gasteiger partial charge on any atom is -0.345 e. The van der Waals surface area contributed by atoms with Crippen LogP contribution in [0.1, 0.15) is 0 Å². The highest BCUT2D eigenvalue weighted by Crippen LogP contribution is 2.13. The standard InChI is InChI=1S/C9H9ClN2/c10-3-6-12-5-2-8-1-4-11-7-9(8)12/h1-2,4-5,7H,3,6H2. The zero-order valence-corrected chi connectivity index (χ0v) is 7.33. The maximum atomic E-state index is 5.65. The summed E-state index contributed by atoms with van der Waals surface area (Å²) in [5, 5.41) is 1.22. The molecule has 0 bridgehead atoms. The Labute approximate surface area is 75.8 Å². The molecule has 0 aliphatic heterocycles. The summed E-state index contributed by atoms with van der Waals surface area (Å²) in [6.45, 7) is 0.844. The van der Waals surface area contributed by atoms with Crippen molar-refractivity contribution in [2.45, 2.75) is 6.54 Å². The molecule has 0 radical (unpaired) electrons. The minimum atomic E-state index is 0.638. The third-order valence-corrected chi connectivity index (χ3v) is 2.07. The Kier molecular flexibility index (Phi) is 2.00. The number of fused-ring (bicyclic) bond motifs is 1. The van der Waals surface area contributed by atoms with E-state index in [2.05, 4.69) is 15.6 Å². The summed E-state index contributed by atoms with van der Waals surface area (Å²) in [6.07, 6.45) is 5.70. The fraction of sp³-hybridized carbons (Fsp3) is 0.222. The molecule has 0 aliphatic rings. The molecule has 3 heteroatoms.